The van der Waals surface area contributed by atoms with Crippen molar-refractivity contribution in [3.05, 3.63) is 71.3 Å². The van der Waals surface area contributed by atoms with Gasteiger partial charge in [0.15, 0.2) is 0 Å². The molecule has 8 nitrogen and oxygen atoms in total. The maximum Gasteiger partial charge on any atom is 0.407 e. The molecule has 2 N–H and O–H groups in total. The molecule has 3 rings (SSSR count). The topological polar surface area (TPSA) is 113 Å². The van der Waals surface area contributed by atoms with Crippen LogP contribution in [-0.4, -0.2) is 57.8 Å². The van der Waals surface area contributed by atoms with Crippen LogP contribution in [-0.2, 0) is 9.53 Å². The van der Waals surface area contributed by atoms with Crippen LogP contribution < -0.4 is 5.32 Å². The van der Waals surface area contributed by atoms with Crippen LogP contribution >= 0.6 is 11.8 Å². The van der Waals surface area contributed by atoms with E-state index in [0.717, 1.165) is 10.5 Å². The fraction of sp³-hybridized carbons (Fsp3) is 0.333. The molecule has 0 radical (unpaired) electrons. The van der Waals surface area contributed by atoms with Crippen molar-refractivity contribution < 1.29 is 29.0 Å². The Morgan fingerprint density at radius 3 is 2.06 bits per heavy atom. The quantitative estimate of drug-likeness (QED) is 0.565. The molecule has 0 aliphatic carbocycles. The molecule has 1 heterocycles. The summed E-state index contributed by atoms with van der Waals surface area (Å²) in [6.07, 6.45) is -0.584. The van der Waals surface area contributed by atoms with Gasteiger partial charge in [-0.1, -0.05) is 42.5 Å². The van der Waals surface area contributed by atoms with Gasteiger partial charge in [0.25, 0.3) is 11.8 Å². The van der Waals surface area contributed by atoms with E-state index in [4.69, 9.17) is 4.74 Å². The molecule has 1 aliphatic rings. The van der Waals surface area contributed by atoms with E-state index in [1.807, 2.05) is 30.3 Å². The van der Waals surface area contributed by atoms with Gasteiger partial charge >= 0.3 is 12.1 Å². The van der Waals surface area contributed by atoms with Crippen molar-refractivity contribution in [2.24, 2.45) is 0 Å². The van der Waals surface area contributed by atoms with Crippen LogP contribution in [0.5, 0.6) is 0 Å². The van der Waals surface area contributed by atoms with Gasteiger partial charge in [0.05, 0.1) is 11.1 Å². The number of carbonyl (C=O) groups excluding carboxylic acids is 3. The smallest absolute Gasteiger partial charge is 0.407 e. The largest absolute Gasteiger partial charge is 0.480 e. The molecular weight excluding hydrogens is 444 g/mol. The molecule has 174 valence electrons. The number of carbonyl (C=O) groups is 4. The highest BCUT2D eigenvalue weighted by atomic mass is 32.2. The molecule has 0 bridgehead atoms. The first-order valence-corrected chi connectivity index (χ1v) is 11.5. The van der Waals surface area contributed by atoms with E-state index in [0.29, 0.717) is 0 Å². The summed E-state index contributed by atoms with van der Waals surface area (Å²) in [5.74, 6) is -2.56. The second-order valence-corrected chi connectivity index (χ2v) is 9.73. The lowest BCUT2D eigenvalue weighted by atomic mass is 10.1. The highest BCUT2D eigenvalue weighted by molar-refractivity contribution is 7.99. The van der Waals surface area contributed by atoms with Crippen molar-refractivity contribution in [1.82, 2.24) is 10.2 Å². The van der Waals surface area contributed by atoms with Crippen LogP contribution in [0.2, 0.25) is 0 Å². The maximum absolute atomic E-state index is 12.8. The number of imide groups is 1. The van der Waals surface area contributed by atoms with Crippen LogP contribution in [0, 0.1) is 0 Å². The van der Waals surface area contributed by atoms with Gasteiger partial charge in [-0.15, -0.1) is 11.8 Å². The number of hydrogen-bond acceptors (Lipinski definition) is 6. The van der Waals surface area contributed by atoms with Gasteiger partial charge in [-0.2, -0.15) is 0 Å². The minimum absolute atomic E-state index is 0.0453. The molecule has 2 unspecified atom stereocenters. The van der Waals surface area contributed by atoms with Gasteiger partial charge in [-0.3, -0.25) is 14.5 Å². The molecule has 0 fully saturated rings. The number of fused-ring (bicyclic) bond motifs is 1. The molecule has 33 heavy (non-hydrogen) atoms. The average molecular weight is 471 g/mol. The first-order valence-electron chi connectivity index (χ1n) is 10.4. The predicted molar refractivity (Wildman–Crippen MR) is 124 cm³/mol. The number of carboxylic acids is 1. The van der Waals surface area contributed by atoms with Gasteiger partial charge in [0.1, 0.15) is 11.6 Å². The number of nitrogens with zero attached hydrogens (tertiary/aromatic N) is 1. The summed E-state index contributed by atoms with van der Waals surface area (Å²) in [4.78, 5) is 50.5. The van der Waals surface area contributed by atoms with Crippen LogP contribution in [0.4, 0.5) is 4.79 Å². The Balaban J connectivity index is 1.75. The van der Waals surface area contributed by atoms with Crippen molar-refractivity contribution in [3.8, 4) is 0 Å². The first-order chi connectivity index (χ1) is 15.6. The van der Waals surface area contributed by atoms with Crippen LogP contribution in [0.15, 0.2) is 54.6 Å². The number of thioether (sulfide) groups is 1. The summed E-state index contributed by atoms with van der Waals surface area (Å²) in [6, 6.07) is 14.2. The Bertz CT molecular complexity index is 1020. The van der Waals surface area contributed by atoms with E-state index in [1.54, 1.807) is 32.9 Å². The third-order valence-corrected chi connectivity index (χ3v) is 6.23. The van der Waals surface area contributed by atoms with E-state index in [-0.39, 0.29) is 28.7 Å². The zero-order valence-corrected chi connectivity index (χ0v) is 19.4. The van der Waals surface area contributed by atoms with Crippen molar-refractivity contribution in [1.29, 1.82) is 0 Å². The Hall–Kier alpha value is -3.33. The number of aliphatic carboxylic acids is 1. The summed E-state index contributed by atoms with van der Waals surface area (Å²) in [5, 5.41) is 12.2. The second-order valence-electron chi connectivity index (χ2n) is 8.50. The lowest BCUT2D eigenvalue weighted by Crippen LogP contribution is -2.46. The SMILES string of the molecule is CC(C)(C)OC(=O)NCC(SCC(C(=O)O)N1C(=O)c2ccccc2C1=O)c1ccccc1. The monoisotopic (exact) mass is 470 g/mol. The van der Waals surface area contributed by atoms with E-state index in [9.17, 15) is 24.3 Å². The predicted octanol–water partition coefficient (Wildman–Crippen LogP) is 3.74. The van der Waals surface area contributed by atoms with Crippen molar-refractivity contribution in [3.63, 3.8) is 0 Å². The number of alkyl carbamates (subject to hydrolysis) is 1. The molecule has 0 aromatic heterocycles. The number of nitrogens with one attached hydrogen (secondary N) is 1. The molecule has 0 saturated carbocycles. The summed E-state index contributed by atoms with van der Waals surface area (Å²) < 4.78 is 5.28. The molecule has 9 heteroatoms. The summed E-state index contributed by atoms with van der Waals surface area (Å²) >= 11 is 1.24. The number of benzene rings is 2. The van der Waals surface area contributed by atoms with Crippen molar-refractivity contribution in [2.45, 2.75) is 37.7 Å². The highest BCUT2D eigenvalue weighted by Gasteiger charge is 2.43. The Labute approximate surface area is 196 Å². The zero-order chi connectivity index (χ0) is 24.2. The lowest BCUT2D eigenvalue weighted by Gasteiger charge is -2.25. The van der Waals surface area contributed by atoms with Crippen LogP contribution in [0.1, 0.15) is 52.3 Å². The first kappa shape index (κ1) is 24.3. The van der Waals surface area contributed by atoms with Gasteiger partial charge in [-0.05, 0) is 38.5 Å². The van der Waals surface area contributed by atoms with Gasteiger partial charge in [0, 0.05) is 17.5 Å². The number of amides is 3. The molecular formula is C24H26N2O6S. The molecule has 0 spiro atoms. The summed E-state index contributed by atoms with van der Waals surface area (Å²) in [5.41, 5.74) is 0.610. The number of carboxylic acid groups (broad SMARTS) is 1. The summed E-state index contributed by atoms with van der Waals surface area (Å²) in [7, 11) is 0. The normalized spacial score (nSPS) is 15.1. The van der Waals surface area contributed by atoms with E-state index >= 15 is 0 Å². The lowest BCUT2D eigenvalue weighted by molar-refractivity contribution is -0.140. The van der Waals surface area contributed by atoms with Crippen molar-refractivity contribution in [2.75, 3.05) is 12.3 Å². The molecule has 0 saturated heterocycles. The van der Waals surface area contributed by atoms with Gasteiger partial charge < -0.3 is 15.2 Å². The Kier molecular flexibility index (Phi) is 7.43. The van der Waals surface area contributed by atoms with Gasteiger partial charge in [-0.25, -0.2) is 9.59 Å². The van der Waals surface area contributed by atoms with E-state index in [1.165, 1.54) is 23.9 Å². The third-order valence-electron chi connectivity index (χ3n) is 4.88. The van der Waals surface area contributed by atoms with Crippen LogP contribution in [0.25, 0.3) is 0 Å². The average Bonchev–Trinajstić information content (AvgIpc) is 3.00. The zero-order valence-electron chi connectivity index (χ0n) is 18.6. The van der Waals surface area contributed by atoms with E-state index < -0.39 is 35.5 Å². The molecule has 2 atom stereocenters. The standard InChI is InChI=1S/C24H26N2O6S/c1-24(2,3)32-23(31)25-13-19(15-9-5-4-6-10-15)33-14-18(22(29)30)26-20(27)16-11-7-8-12-17(16)21(26)28/h4-12,18-19H,13-14H2,1-3H3,(H,25,31)(H,29,30). The van der Waals surface area contributed by atoms with Gasteiger partial charge in [0.2, 0.25) is 0 Å². The van der Waals surface area contributed by atoms with Crippen LogP contribution in [0.3, 0.4) is 0 Å². The summed E-state index contributed by atoms with van der Waals surface area (Å²) in [6.45, 7) is 5.46. The molecule has 1 aliphatic heterocycles. The molecule has 3 amide bonds. The Morgan fingerprint density at radius 2 is 1.55 bits per heavy atom. The second kappa shape index (κ2) is 10.1. The number of ether oxygens (including phenoxy) is 1. The number of rotatable bonds is 8. The minimum atomic E-state index is -1.35. The molecule has 2 aromatic rings. The fourth-order valence-electron chi connectivity index (χ4n) is 3.39. The fourth-order valence-corrected chi connectivity index (χ4v) is 4.64. The maximum atomic E-state index is 12.8. The minimum Gasteiger partial charge on any atom is -0.480 e. The highest BCUT2D eigenvalue weighted by Crippen LogP contribution is 2.32. The Morgan fingerprint density at radius 1 is 1.00 bits per heavy atom. The number of hydrogen-bond donors (Lipinski definition) is 2. The third kappa shape index (κ3) is 5.92. The molecule has 2 aromatic carbocycles. The van der Waals surface area contributed by atoms with E-state index in [2.05, 4.69) is 5.32 Å². The van der Waals surface area contributed by atoms with Crippen molar-refractivity contribution >= 4 is 35.6 Å².